The first-order valence-corrected chi connectivity index (χ1v) is 12.2. The topological polar surface area (TPSA) is 132 Å². The van der Waals surface area contributed by atoms with Crippen LogP contribution < -0.4 is 21.2 Å². The van der Waals surface area contributed by atoms with Gasteiger partial charge in [0.05, 0.1) is 0 Å². The zero-order chi connectivity index (χ0) is 22.9. The predicted octanol–water partition coefficient (Wildman–Crippen LogP) is 2.73. The molecule has 0 unspecified atom stereocenters. The number of aromatic nitrogens is 6. The summed E-state index contributed by atoms with van der Waals surface area (Å²) in [5.74, 6) is 16.5. The van der Waals surface area contributed by atoms with Crippen LogP contribution in [0.5, 0.6) is 11.5 Å². The zero-order valence-electron chi connectivity index (χ0n) is 17.8. The smallest absolute Gasteiger partial charge is 0.209 e. The molecule has 4 N–H and O–H groups in total. The van der Waals surface area contributed by atoms with Crippen molar-refractivity contribution in [3.63, 3.8) is 0 Å². The minimum atomic E-state index is 0.256. The van der Waals surface area contributed by atoms with Crippen LogP contribution in [0.4, 0.5) is 0 Å². The third-order valence-electron chi connectivity index (χ3n) is 4.44. The van der Waals surface area contributed by atoms with E-state index in [-0.39, 0.29) is 13.2 Å². The molecule has 0 bridgehead atoms. The summed E-state index contributed by atoms with van der Waals surface area (Å²) in [5, 5.41) is 17.8. The number of nitrogens with two attached hydrogens (primary N) is 2. The van der Waals surface area contributed by atoms with Crippen molar-refractivity contribution in [3.05, 3.63) is 72.3 Å². The Morgan fingerprint density at radius 1 is 0.636 bits per heavy atom. The van der Waals surface area contributed by atoms with E-state index in [1.165, 1.54) is 9.35 Å². The van der Waals surface area contributed by atoms with Crippen molar-refractivity contribution in [2.75, 3.05) is 23.2 Å². The Bertz CT molecular complexity index is 1050. The minimum Gasteiger partial charge on any atom is -0.486 e. The number of ether oxygens (including phenoxy) is 2. The van der Waals surface area contributed by atoms with Gasteiger partial charge in [0.2, 0.25) is 10.3 Å². The standard InChI is InChI=1S/C21H24N8O2S2/c22-28-18(14-30-16-8-3-1-4-9-16)24-26-20(28)32-12-7-13-33-21-27-25-19(29(21)23)15-31-17-10-5-2-6-11-17/h1-6,8-11H,7,12-15,22-23H2. The molecule has 0 aliphatic carbocycles. The number of benzene rings is 2. The van der Waals surface area contributed by atoms with Crippen LogP contribution in [0, 0.1) is 0 Å². The molecule has 0 radical (unpaired) electrons. The lowest BCUT2D eigenvalue weighted by Gasteiger charge is -2.06. The Hall–Kier alpha value is -3.38. The molecule has 0 aliphatic heterocycles. The fourth-order valence-electron chi connectivity index (χ4n) is 2.72. The van der Waals surface area contributed by atoms with Crippen molar-refractivity contribution >= 4 is 23.5 Å². The lowest BCUT2D eigenvalue weighted by molar-refractivity contribution is 0.291. The SMILES string of the molecule is Nn1c(COc2ccccc2)nnc1SCCCSc1nnc(COc2ccccc2)n1N. The second kappa shape index (κ2) is 11.5. The summed E-state index contributed by atoms with van der Waals surface area (Å²) in [5.41, 5.74) is 0. The van der Waals surface area contributed by atoms with Crippen LogP contribution in [0.3, 0.4) is 0 Å². The maximum absolute atomic E-state index is 6.10. The Balaban J connectivity index is 1.17. The Kier molecular flexibility index (Phi) is 7.93. The quantitative estimate of drug-likeness (QED) is 0.176. The van der Waals surface area contributed by atoms with Gasteiger partial charge in [0, 0.05) is 11.5 Å². The molecule has 172 valence electrons. The van der Waals surface area contributed by atoms with Gasteiger partial charge in [-0.3, -0.25) is 0 Å². The molecule has 0 saturated heterocycles. The predicted molar refractivity (Wildman–Crippen MR) is 128 cm³/mol. The van der Waals surface area contributed by atoms with Crippen molar-refractivity contribution in [1.29, 1.82) is 0 Å². The van der Waals surface area contributed by atoms with Gasteiger partial charge in [0.25, 0.3) is 0 Å². The molecule has 4 rings (SSSR count). The first-order chi connectivity index (χ1) is 16.2. The molecule has 0 saturated carbocycles. The number of hydrogen-bond acceptors (Lipinski definition) is 10. The first kappa shape index (κ1) is 22.8. The second-order valence-corrected chi connectivity index (χ2v) is 8.92. The zero-order valence-corrected chi connectivity index (χ0v) is 19.4. The second-order valence-electron chi connectivity index (χ2n) is 6.79. The highest BCUT2D eigenvalue weighted by Gasteiger charge is 2.13. The van der Waals surface area contributed by atoms with Gasteiger partial charge < -0.3 is 21.2 Å². The molecule has 2 aromatic heterocycles. The average molecular weight is 485 g/mol. The van der Waals surface area contributed by atoms with Gasteiger partial charge in [-0.2, -0.15) is 0 Å². The molecule has 0 aliphatic rings. The molecule has 2 heterocycles. The van der Waals surface area contributed by atoms with Gasteiger partial charge in [-0.05, 0) is 30.7 Å². The molecule has 2 aromatic carbocycles. The molecular formula is C21H24N8O2S2. The monoisotopic (exact) mass is 484 g/mol. The number of nitrogens with zero attached hydrogens (tertiary/aromatic N) is 6. The van der Waals surface area contributed by atoms with E-state index in [1.807, 2.05) is 60.7 Å². The third-order valence-corrected chi connectivity index (χ3v) is 6.50. The van der Waals surface area contributed by atoms with Crippen molar-refractivity contribution in [3.8, 4) is 11.5 Å². The fraction of sp³-hybridized carbons (Fsp3) is 0.238. The fourth-order valence-corrected chi connectivity index (χ4v) is 4.53. The van der Waals surface area contributed by atoms with Crippen LogP contribution in [-0.4, -0.2) is 41.3 Å². The first-order valence-electron chi connectivity index (χ1n) is 10.2. The number of nitrogen functional groups attached to an aromatic ring is 2. The van der Waals surface area contributed by atoms with E-state index in [9.17, 15) is 0 Å². The van der Waals surface area contributed by atoms with E-state index >= 15 is 0 Å². The van der Waals surface area contributed by atoms with E-state index in [4.69, 9.17) is 21.2 Å². The highest BCUT2D eigenvalue weighted by atomic mass is 32.2. The summed E-state index contributed by atoms with van der Waals surface area (Å²) in [4.78, 5) is 0. The largest absolute Gasteiger partial charge is 0.486 e. The average Bonchev–Trinajstić information content (AvgIpc) is 3.39. The Morgan fingerprint density at radius 3 is 1.48 bits per heavy atom. The van der Waals surface area contributed by atoms with E-state index < -0.39 is 0 Å². The highest BCUT2D eigenvalue weighted by Crippen LogP contribution is 2.21. The molecule has 0 atom stereocenters. The van der Waals surface area contributed by atoms with Crippen molar-refractivity contribution in [1.82, 2.24) is 29.7 Å². The van der Waals surface area contributed by atoms with Gasteiger partial charge >= 0.3 is 0 Å². The van der Waals surface area contributed by atoms with Crippen LogP contribution in [0.15, 0.2) is 71.0 Å². The van der Waals surface area contributed by atoms with Crippen LogP contribution in [-0.2, 0) is 13.2 Å². The summed E-state index contributed by atoms with van der Waals surface area (Å²) < 4.78 is 14.3. The van der Waals surface area contributed by atoms with Gasteiger partial charge in [0.1, 0.15) is 24.7 Å². The molecule has 12 heteroatoms. The van der Waals surface area contributed by atoms with E-state index in [1.54, 1.807) is 23.5 Å². The van der Waals surface area contributed by atoms with Gasteiger partial charge in [-0.15, -0.1) is 20.4 Å². The summed E-state index contributed by atoms with van der Waals surface area (Å²) in [6.45, 7) is 0.513. The van der Waals surface area contributed by atoms with Gasteiger partial charge in [-0.25, -0.2) is 9.35 Å². The lowest BCUT2D eigenvalue weighted by Crippen LogP contribution is -2.16. The van der Waals surface area contributed by atoms with Crippen molar-refractivity contribution in [2.45, 2.75) is 29.9 Å². The van der Waals surface area contributed by atoms with E-state index in [0.717, 1.165) is 29.4 Å². The van der Waals surface area contributed by atoms with Crippen LogP contribution >= 0.6 is 23.5 Å². The van der Waals surface area contributed by atoms with Crippen LogP contribution in [0.2, 0.25) is 0 Å². The summed E-state index contributed by atoms with van der Waals surface area (Å²) >= 11 is 3.08. The van der Waals surface area contributed by atoms with Gasteiger partial charge in [0.15, 0.2) is 11.6 Å². The number of para-hydroxylation sites is 2. The molecule has 0 spiro atoms. The molecule has 33 heavy (non-hydrogen) atoms. The molecule has 4 aromatic rings. The van der Waals surface area contributed by atoms with E-state index in [0.29, 0.717) is 22.0 Å². The summed E-state index contributed by atoms with van der Waals surface area (Å²) in [6.07, 6.45) is 0.904. The number of rotatable bonds is 12. The van der Waals surface area contributed by atoms with Gasteiger partial charge in [-0.1, -0.05) is 59.9 Å². The van der Waals surface area contributed by atoms with Crippen molar-refractivity contribution < 1.29 is 9.47 Å². The Labute approximate surface area is 199 Å². The summed E-state index contributed by atoms with van der Waals surface area (Å²) in [6, 6.07) is 19.0. The number of thioether (sulfide) groups is 2. The van der Waals surface area contributed by atoms with Crippen LogP contribution in [0.25, 0.3) is 0 Å². The maximum atomic E-state index is 6.10. The highest BCUT2D eigenvalue weighted by molar-refractivity contribution is 8.00. The molecule has 0 fully saturated rings. The molecular weight excluding hydrogens is 460 g/mol. The summed E-state index contributed by atoms with van der Waals surface area (Å²) in [7, 11) is 0. The normalized spacial score (nSPS) is 10.9. The lowest BCUT2D eigenvalue weighted by atomic mass is 10.3. The molecule has 0 amide bonds. The minimum absolute atomic E-state index is 0.256. The maximum Gasteiger partial charge on any atom is 0.209 e. The van der Waals surface area contributed by atoms with Crippen LogP contribution in [0.1, 0.15) is 18.1 Å². The third kappa shape index (κ3) is 6.33. The van der Waals surface area contributed by atoms with Crippen molar-refractivity contribution in [2.24, 2.45) is 0 Å². The number of hydrogen-bond donors (Lipinski definition) is 2. The Morgan fingerprint density at radius 2 is 1.06 bits per heavy atom. The molecule has 10 nitrogen and oxygen atoms in total. The van der Waals surface area contributed by atoms with E-state index in [2.05, 4.69) is 20.4 Å².